The second-order valence-electron chi connectivity index (χ2n) is 9.52. The summed E-state index contributed by atoms with van der Waals surface area (Å²) in [7, 11) is 5.89. The van der Waals surface area contributed by atoms with Crippen LogP contribution in [0.4, 0.5) is 0 Å². The van der Waals surface area contributed by atoms with E-state index in [1.165, 1.54) is 57.8 Å². The summed E-state index contributed by atoms with van der Waals surface area (Å²) < 4.78 is 5.98. The van der Waals surface area contributed by atoms with Crippen molar-refractivity contribution < 1.29 is 23.9 Å². The highest BCUT2D eigenvalue weighted by Crippen LogP contribution is 2.12. The summed E-state index contributed by atoms with van der Waals surface area (Å²) in [5, 5.41) is 9.01. The Hall–Kier alpha value is -1.36. The number of rotatable bonds is 20. The van der Waals surface area contributed by atoms with Crippen LogP contribution in [0.5, 0.6) is 0 Å². The van der Waals surface area contributed by atoms with Crippen molar-refractivity contribution in [1.29, 1.82) is 0 Å². The Morgan fingerprint density at radius 1 is 0.833 bits per heavy atom. The van der Waals surface area contributed by atoms with Gasteiger partial charge in [-0.3, -0.25) is 9.59 Å². The van der Waals surface area contributed by atoms with Crippen molar-refractivity contribution in [2.24, 2.45) is 0 Å². The smallest absolute Gasteiger partial charge is 0.307 e. The van der Waals surface area contributed by atoms with Crippen molar-refractivity contribution in [2.75, 3.05) is 27.7 Å². The molecule has 0 fully saturated rings. The molecule has 1 N–H and O–H groups in total. The van der Waals surface area contributed by atoms with Crippen LogP contribution in [0.15, 0.2) is 12.2 Å². The molecule has 0 saturated carbocycles. The lowest BCUT2D eigenvalue weighted by atomic mass is 10.1. The Morgan fingerprint density at radius 3 is 1.83 bits per heavy atom. The lowest BCUT2D eigenvalue weighted by Gasteiger charge is -2.28. The van der Waals surface area contributed by atoms with Crippen LogP contribution in [0.3, 0.4) is 0 Å². The van der Waals surface area contributed by atoms with Crippen LogP contribution in [0.1, 0.15) is 103 Å². The molecule has 0 radical (unpaired) electrons. The first-order valence-electron chi connectivity index (χ1n) is 12.1. The molecule has 0 amide bonds. The second kappa shape index (κ2) is 18.4. The van der Waals surface area contributed by atoms with E-state index in [1.807, 2.05) is 21.1 Å². The number of hydrogen-bond donors (Lipinski definition) is 1. The highest BCUT2D eigenvalue weighted by atomic mass is 16.6. The summed E-state index contributed by atoms with van der Waals surface area (Å²) in [6.07, 6.45) is 20.2. The van der Waals surface area contributed by atoms with Crippen molar-refractivity contribution >= 4 is 11.9 Å². The van der Waals surface area contributed by atoms with E-state index in [0.717, 1.165) is 25.7 Å². The van der Waals surface area contributed by atoms with Crippen molar-refractivity contribution in [2.45, 2.75) is 109 Å². The molecule has 5 heteroatoms. The topological polar surface area (TPSA) is 63.6 Å². The molecule has 0 aromatic heterocycles. The maximum atomic E-state index is 12.0. The Bertz CT molecular complexity index is 468. The van der Waals surface area contributed by atoms with Gasteiger partial charge in [-0.25, -0.2) is 0 Å². The van der Waals surface area contributed by atoms with Gasteiger partial charge in [-0.1, -0.05) is 70.4 Å². The number of carbonyl (C=O) groups is 2. The predicted octanol–water partition coefficient (Wildman–Crippen LogP) is 6.12. The van der Waals surface area contributed by atoms with E-state index < -0.39 is 12.1 Å². The number of carboxylic acid groups (broad SMARTS) is 1. The number of quaternary nitrogens is 1. The first kappa shape index (κ1) is 28.6. The molecule has 30 heavy (non-hydrogen) atoms. The second-order valence-corrected chi connectivity index (χ2v) is 9.52. The Kier molecular flexibility index (Phi) is 17.6. The number of carbonyl (C=O) groups excluding carboxylic acids is 1. The van der Waals surface area contributed by atoms with Gasteiger partial charge in [0.25, 0.3) is 0 Å². The molecule has 0 aliphatic carbocycles. The number of aliphatic carboxylic acids is 1. The van der Waals surface area contributed by atoms with Gasteiger partial charge in [-0.2, -0.15) is 0 Å². The average Bonchev–Trinajstić information content (AvgIpc) is 2.63. The molecule has 0 saturated heterocycles. The number of unbranched alkanes of at least 4 members (excludes halogenated alkanes) is 11. The van der Waals surface area contributed by atoms with Crippen LogP contribution in [-0.2, 0) is 14.3 Å². The first-order chi connectivity index (χ1) is 14.2. The van der Waals surface area contributed by atoms with E-state index >= 15 is 0 Å². The number of likely N-dealkylation sites (N-methyl/N-ethyl adjacent to an activating group) is 1. The lowest BCUT2D eigenvalue weighted by molar-refractivity contribution is -0.873. The molecule has 0 aromatic carbocycles. The SMILES string of the molecule is CCCCCCCC/C=C/CCCCCCC[13C](=O)O[C@H](CC(=O)O)C[N+](C)(C)C. The van der Waals surface area contributed by atoms with E-state index in [-0.39, 0.29) is 12.4 Å². The zero-order chi connectivity index (χ0) is 22.7. The minimum Gasteiger partial charge on any atom is -0.481 e. The quantitative estimate of drug-likeness (QED) is 0.0836. The van der Waals surface area contributed by atoms with Gasteiger partial charge < -0.3 is 14.3 Å². The van der Waals surface area contributed by atoms with Crippen molar-refractivity contribution in [1.82, 2.24) is 0 Å². The Morgan fingerprint density at radius 2 is 1.33 bits per heavy atom. The monoisotopic (exact) mass is 427 g/mol. The molecular formula is C25H48NO4+. The van der Waals surface area contributed by atoms with Crippen LogP contribution in [0.25, 0.3) is 0 Å². The number of carboxylic acids is 1. The molecule has 0 spiro atoms. The van der Waals surface area contributed by atoms with Crippen LogP contribution < -0.4 is 0 Å². The number of esters is 1. The van der Waals surface area contributed by atoms with Gasteiger partial charge >= 0.3 is 11.9 Å². The van der Waals surface area contributed by atoms with Crippen molar-refractivity contribution in [3.63, 3.8) is 0 Å². The highest BCUT2D eigenvalue weighted by Gasteiger charge is 2.24. The minimum absolute atomic E-state index is 0.131. The Labute approximate surface area is 185 Å². The van der Waals surface area contributed by atoms with Crippen LogP contribution in [0, 0.1) is 0 Å². The third-order valence-corrected chi connectivity index (χ3v) is 5.09. The molecule has 0 unspecified atom stereocenters. The van der Waals surface area contributed by atoms with Gasteiger partial charge in [0.1, 0.15) is 6.54 Å². The van der Waals surface area contributed by atoms with Gasteiger partial charge in [0.05, 0.1) is 27.6 Å². The maximum Gasteiger partial charge on any atom is 0.307 e. The fraction of sp³-hybridized carbons (Fsp3) is 0.840. The first-order valence-corrected chi connectivity index (χ1v) is 12.1. The molecule has 0 heterocycles. The molecule has 0 bridgehead atoms. The molecule has 1 atom stereocenters. The van der Waals surface area contributed by atoms with Gasteiger partial charge in [0.2, 0.25) is 0 Å². The van der Waals surface area contributed by atoms with Crippen LogP contribution >= 0.6 is 0 Å². The predicted molar refractivity (Wildman–Crippen MR) is 124 cm³/mol. The molecule has 0 aliphatic rings. The summed E-state index contributed by atoms with van der Waals surface area (Å²) in [5.74, 6) is -1.20. The number of nitrogens with zero attached hydrogens (tertiary/aromatic N) is 1. The van der Waals surface area contributed by atoms with Gasteiger partial charge in [0.15, 0.2) is 6.10 Å². The summed E-state index contributed by atoms with van der Waals surface area (Å²) in [5.41, 5.74) is 0. The van der Waals surface area contributed by atoms with Gasteiger partial charge in [0, 0.05) is 6.42 Å². The number of ether oxygens (including phenoxy) is 1. The highest BCUT2D eigenvalue weighted by molar-refractivity contribution is 5.71. The molecule has 5 nitrogen and oxygen atoms in total. The van der Waals surface area contributed by atoms with E-state index in [9.17, 15) is 9.59 Å². The van der Waals surface area contributed by atoms with Gasteiger partial charge in [-0.05, 0) is 32.1 Å². The summed E-state index contributed by atoms with van der Waals surface area (Å²) >= 11 is 0. The van der Waals surface area contributed by atoms with Crippen molar-refractivity contribution in [3.05, 3.63) is 12.2 Å². The van der Waals surface area contributed by atoms with E-state index in [4.69, 9.17) is 9.84 Å². The fourth-order valence-corrected chi connectivity index (χ4v) is 3.53. The molecule has 176 valence electrons. The average molecular weight is 428 g/mol. The molecule has 0 rings (SSSR count). The van der Waals surface area contributed by atoms with Crippen molar-refractivity contribution in [3.8, 4) is 0 Å². The fourth-order valence-electron chi connectivity index (χ4n) is 3.53. The largest absolute Gasteiger partial charge is 0.481 e. The minimum atomic E-state index is -0.928. The zero-order valence-corrected chi connectivity index (χ0v) is 20.2. The summed E-state index contributed by atoms with van der Waals surface area (Å²) in [4.78, 5) is 23.0. The third kappa shape index (κ3) is 21.4. The van der Waals surface area contributed by atoms with Crippen LogP contribution in [-0.4, -0.2) is 55.3 Å². The molecule has 0 aromatic rings. The molecular weight excluding hydrogens is 379 g/mol. The number of hydrogen-bond acceptors (Lipinski definition) is 3. The Balaban J connectivity index is 3.65. The van der Waals surface area contributed by atoms with Crippen LogP contribution in [0.2, 0.25) is 0 Å². The molecule has 0 aliphatic heterocycles. The van der Waals surface area contributed by atoms with E-state index in [2.05, 4.69) is 19.1 Å². The third-order valence-electron chi connectivity index (χ3n) is 5.09. The lowest BCUT2D eigenvalue weighted by Crippen LogP contribution is -2.43. The zero-order valence-electron chi connectivity index (χ0n) is 20.2. The standard InChI is InChI=1S/C25H47NO4/c1-5-6-7-8-9-10-11-12-13-14-15-16-17-18-19-20-25(29)30-23(21-24(27)28)22-26(2,3)4/h12-13,23H,5-11,14-22H2,1-4H3/p+1/b13-12+/t23-/m1/s1/i25+1. The summed E-state index contributed by atoms with van der Waals surface area (Å²) in [6, 6.07) is 0. The summed E-state index contributed by atoms with van der Waals surface area (Å²) in [6.45, 7) is 2.76. The maximum absolute atomic E-state index is 12.0. The van der Waals surface area contributed by atoms with E-state index in [1.54, 1.807) is 0 Å². The normalized spacial score (nSPS) is 12.9. The van der Waals surface area contributed by atoms with Gasteiger partial charge in [-0.15, -0.1) is 0 Å². The number of allylic oxidation sites excluding steroid dienone is 2. The van der Waals surface area contributed by atoms with E-state index in [0.29, 0.717) is 17.4 Å².